The van der Waals surface area contributed by atoms with Crippen LogP contribution in [-0.2, 0) is 0 Å². The van der Waals surface area contributed by atoms with Crippen LogP contribution < -0.4 is 4.48 Å². The number of hydrogen-bond acceptors (Lipinski definition) is 0. The highest BCUT2D eigenvalue weighted by molar-refractivity contribution is 5.41. The van der Waals surface area contributed by atoms with Crippen molar-refractivity contribution >= 4 is 5.69 Å². The molecule has 0 atom stereocenters. The molecule has 1 aromatic rings. The fourth-order valence-electron chi connectivity index (χ4n) is 5.76. The van der Waals surface area contributed by atoms with Gasteiger partial charge in [0.05, 0.1) is 20.1 Å². The molecule has 0 saturated carbocycles. The number of unbranched alkanes of at least 4 members (excludes halogenated alkanes) is 22. The lowest BCUT2D eigenvalue weighted by Crippen LogP contribution is -2.46. The summed E-state index contributed by atoms with van der Waals surface area (Å²) in [6, 6.07) is 11.4. The molecule has 1 heteroatoms. The van der Waals surface area contributed by atoms with Crippen LogP contribution in [0.3, 0.4) is 0 Å². The van der Waals surface area contributed by atoms with E-state index in [4.69, 9.17) is 0 Å². The molecular weight excluding hydrogens is 434 g/mol. The number of hydrogen-bond donors (Lipinski definition) is 0. The van der Waals surface area contributed by atoms with E-state index in [1.807, 2.05) is 0 Å². The van der Waals surface area contributed by atoms with Crippen LogP contribution in [0.1, 0.15) is 168 Å². The van der Waals surface area contributed by atoms with E-state index in [2.05, 4.69) is 51.2 Å². The highest BCUT2D eigenvalue weighted by Crippen LogP contribution is 2.24. The first-order valence-electron chi connectivity index (χ1n) is 16.6. The van der Waals surface area contributed by atoms with Crippen molar-refractivity contribution in [2.45, 2.75) is 168 Å². The second kappa shape index (κ2) is 24.5. The molecule has 0 amide bonds. The smallest absolute Gasteiger partial charge is 0.132 e. The van der Waals surface area contributed by atoms with Gasteiger partial charge in [-0.15, -0.1) is 0 Å². The lowest BCUT2D eigenvalue weighted by Gasteiger charge is -2.34. The minimum Gasteiger partial charge on any atom is -0.294 e. The molecule has 0 bridgehead atoms. The van der Waals surface area contributed by atoms with Crippen molar-refractivity contribution in [2.75, 3.05) is 20.1 Å². The Morgan fingerprint density at radius 3 is 0.972 bits per heavy atom. The van der Waals surface area contributed by atoms with E-state index in [1.165, 1.54) is 173 Å². The van der Waals surface area contributed by atoms with Gasteiger partial charge >= 0.3 is 0 Å². The molecule has 0 fully saturated rings. The van der Waals surface area contributed by atoms with Gasteiger partial charge in [-0.2, -0.15) is 0 Å². The minimum atomic E-state index is 1.14. The van der Waals surface area contributed by atoms with Gasteiger partial charge in [-0.05, 0) is 37.8 Å². The molecular formula is C35H66N+. The number of benzene rings is 1. The van der Waals surface area contributed by atoms with Crippen LogP contribution in [0.25, 0.3) is 0 Å². The largest absolute Gasteiger partial charge is 0.294 e. The Balaban J connectivity index is 2.13. The third-order valence-corrected chi connectivity index (χ3v) is 8.39. The zero-order valence-corrected chi connectivity index (χ0v) is 25.2. The molecule has 0 saturated heterocycles. The zero-order valence-electron chi connectivity index (χ0n) is 25.2. The SMILES string of the molecule is CCCCCCCCCCCCCC[N+](C)(CCCCCCCCCCCCCC)c1ccccc1. The molecule has 0 aromatic heterocycles. The van der Waals surface area contributed by atoms with Crippen LogP contribution in [0.15, 0.2) is 30.3 Å². The summed E-state index contributed by atoms with van der Waals surface area (Å²) in [5, 5.41) is 0. The number of rotatable bonds is 27. The van der Waals surface area contributed by atoms with Gasteiger partial charge in [0.1, 0.15) is 5.69 Å². The zero-order chi connectivity index (χ0) is 26.0. The average molecular weight is 501 g/mol. The van der Waals surface area contributed by atoms with Crippen LogP contribution in [0, 0.1) is 0 Å². The van der Waals surface area contributed by atoms with Crippen LogP contribution in [0.4, 0.5) is 5.69 Å². The number of quaternary nitrogens is 1. The molecule has 1 rings (SSSR count). The van der Waals surface area contributed by atoms with E-state index in [1.54, 1.807) is 0 Å². The third kappa shape index (κ3) is 18.4. The lowest BCUT2D eigenvalue weighted by molar-refractivity contribution is 0.310. The molecule has 36 heavy (non-hydrogen) atoms. The molecule has 0 aliphatic carbocycles. The van der Waals surface area contributed by atoms with Gasteiger partial charge < -0.3 is 0 Å². The molecule has 0 spiro atoms. The van der Waals surface area contributed by atoms with E-state index in [-0.39, 0.29) is 0 Å². The summed E-state index contributed by atoms with van der Waals surface area (Å²) in [6.45, 7) is 7.22. The summed E-state index contributed by atoms with van der Waals surface area (Å²) in [5.74, 6) is 0. The van der Waals surface area contributed by atoms with Gasteiger partial charge in [0.25, 0.3) is 0 Å². The van der Waals surface area contributed by atoms with Gasteiger partial charge in [0.15, 0.2) is 0 Å². The first-order valence-corrected chi connectivity index (χ1v) is 16.6. The predicted molar refractivity (Wildman–Crippen MR) is 166 cm³/mol. The first-order chi connectivity index (χ1) is 17.7. The van der Waals surface area contributed by atoms with Gasteiger partial charge in [-0.25, -0.2) is 0 Å². The first kappa shape index (κ1) is 33.2. The Morgan fingerprint density at radius 2 is 0.667 bits per heavy atom. The summed E-state index contributed by atoms with van der Waals surface area (Å²) in [6.07, 6.45) is 34.4. The van der Waals surface area contributed by atoms with Crippen LogP contribution in [-0.4, -0.2) is 20.1 Å². The van der Waals surface area contributed by atoms with Gasteiger partial charge in [-0.3, -0.25) is 4.48 Å². The lowest BCUT2D eigenvalue weighted by atomic mass is 10.0. The van der Waals surface area contributed by atoms with Crippen molar-refractivity contribution in [3.63, 3.8) is 0 Å². The maximum atomic E-state index is 2.49. The summed E-state index contributed by atoms with van der Waals surface area (Å²) in [7, 11) is 2.49. The summed E-state index contributed by atoms with van der Waals surface area (Å²) < 4.78 is 1.14. The van der Waals surface area contributed by atoms with Crippen molar-refractivity contribution < 1.29 is 0 Å². The summed E-state index contributed by atoms with van der Waals surface area (Å²) >= 11 is 0. The molecule has 0 heterocycles. The minimum absolute atomic E-state index is 1.14. The normalized spacial score (nSPS) is 11.9. The van der Waals surface area contributed by atoms with Gasteiger partial charge in [-0.1, -0.05) is 160 Å². The second-order valence-corrected chi connectivity index (χ2v) is 12.0. The van der Waals surface area contributed by atoms with Crippen molar-refractivity contribution in [3.05, 3.63) is 30.3 Å². The Morgan fingerprint density at radius 1 is 0.389 bits per heavy atom. The standard InChI is InChI=1S/C35H66N/c1-4-6-8-10-12-14-16-18-20-22-24-29-33-36(3,35-31-27-26-28-32-35)34-30-25-23-21-19-17-15-13-11-9-7-5-2/h26-28,31-32H,4-25,29-30,33-34H2,1-3H3/q+1. The summed E-state index contributed by atoms with van der Waals surface area (Å²) in [5.41, 5.74) is 1.52. The fraction of sp³-hybridized carbons (Fsp3) is 0.829. The van der Waals surface area contributed by atoms with Crippen molar-refractivity contribution in [1.82, 2.24) is 4.48 Å². The maximum Gasteiger partial charge on any atom is 0.132 e. The van der Waals surface area contributed by atoms with E-state index < -0.39 is 0 Å². The number of nitrogens with zero attached hydrogens (tertiary/aromatic N) is 1. The third-order valence-electron chi connectivity index (χ3n) is 8.39. The van der Waals surface area contributed by atoms with Gasteiger partial charge in [0, 0.05) is 0 Å². The molecule has 1 nitrogen and oxygen atoms in total. The monoisotopic (exact) mass is 501 g/mol. The van der Waals surface area contributed by atoms with Crippen LogP contribution >= 0.6 is 0 Å². The van der Waals surface area contributed by atoms with Crippen LogP contribution in [0.5, 0.6) is 0 Å². The molecule has 0 aliphatic rings. The van der Waals surface area contributed by atoms with E-state index in [9.17, 15) is 0 Å². The Labute approximate surface area is 228 Å². The molecule has 0 unspecified atom stereocenters. The molecule has 0 N–H and O–H groups in total. The van der Waals surface area contributed by atoms with Crippen molar-refractivity contribution in [1.29, 1.82) is 0 Å². The maximum absolute atomic E-state index is 2.49. The molecule has 1 aromatic carbocycles. The predicted octanol–water partition coefficient (Wildman–Crippen LogP) is 12.0. The molecule has 210 valence electrons. The topological polar surface area (TPSA) is 0 Å². The number of para-hydroxylation sites is 1. The Hall–Kier alpha value is -0.820. The van der Waals surface area contributed by atoms with Gasteiger partial charge in [0.2, 0.25) is 0 Å². The van der Waals surface area contributed by atoms with E-state index >= 15 is 0 Å². The Bertz CT molecular complexity index is 523. The van der Waals surface area contributed by atoms with E-state index in [0.717, 1.165) is 4.48 Å². The van der Waals surface area contributed by atoms with Crippen molar-refractivity contribution in [2.24, 2.45) is 0 Å². The van der Waals surface area contributed by atoms with Crippen molar-refractivity contribution in [3.8, 4) is 0 Å². The summed E-state index contributed by atoms with van der Waals surface area (Å²) in [4.78, 5) is 0. The highest BCUT2D eigenvalue weighted by Gasteiger charge is 2.23. The average Bonchev–Trinajstić information content (AvgIpc) is 2.90. The van der Waals surface area contributed by atoms with E-state index in [0.29, 0.717) is 0 Å². The molecule has 0 aliphatic heterocycles. The van der Waals surface area contributed by atoms with Crippen LogP contribution in [0.2, 0.25) is 0 Å². The molecule has 0 radical (unpaired) electrons. The fourth-order valence-corrected chi connectivity index (χ4v) is 5.76. The quantitative estimate of drug-likeness (QED) is 0.0832. The Kier molecular flexibility index (Phi) is 22.6. The highest BCUT2D eigenvalue weighted by atomic mass is 15.3. The second-order valence-electron chi connectivity index (χ2n) is 12.0.